The van der Waals surface area contributed by atoms with Crippen molar-refractivity contribution in [2.45, 2.75) is 34.5 Å². The standard InChI is InChI=1S/C66H51NS/c1-65(2)57-28-14-11-25-52(57)53-40-38-51(43-60(53)65)67(50-36-33-45(34-37-50)47-35-39-55-54-26-13-16-32-62(54)68(3,4)63(55)42-47)61-31-18-30-59-64(61)56-27-12-15-29-58(56)66(59,48-22-9-6-10-23-48)49-24-17-21-46(41-49)44-19-7-5-8-20-44/h5-43H,1-4H3. The second-order valence-corrected chi connectivity index (χ2v) is 23.2. The summed E-state index contributed by atoms with van der Waals surface area (Å²) in [6.45, 7) is 4.76. The molecule has 1 nitrogen and oxygen atoms in total. The Morgan fingerprint density at radius 3 is 1.66 bits per heavy atom. The molecule has 3 aliphatic rings. The van der Waals surface area contributed by atoms with E-state index in [1.54, 1.807) is 0 Å². The van der Waals surface area contributed by atoms with E-state index in [-0.39, 0.29) is 5.41 Å². The van der Waals surface area contributed by atoms with Crippen LogP contribution in [0.5, 0.6) is 0 Å². The average Bonchev–Trinajstić information content (AvgIpc) is 3.92. The van der Waals surface area contributed by atoms with Gasteiger partial charge in [-0.05, 0) is 144 Å². The first kappa shape index (κ1) is 40.6. The minimum atomic E-state index is -1.13. The van der Waals surface area contributed by atoms with Crippen LogP contribution in [-0.2, 0) is 10.8 Å². The first-order chi connectivity index (χ1) is 33.2. The summed E-state index contributed by atoms with van der Waals surface area (Å²) in [4.78, 5) is 5.49. The maximum Gasteiger partial charge on any atom is 0.0714 e. The van der Waals surface area contributed by atoms with Crippen LogP contribution >= 0.6 is 10.0 Å². The molecule has 1 aliphatic heterocycles. The molecule has 13 rings (SSSR count). The van der Waals surface area contributed by atoms with Crippen molar-refractivity contribution in [3.63, 3.8) is 0 Å². The second kappa shape index (κ2) is 15.2. The minimum absolute atomic E-state index is 0.155. The maximum atomic E-state index is 2.53. The van der Waals surface area contributed by atoms with Gasteiger partial charge in [-0.2, -0.15) is 10.0 Å². The molecule has 0 amide bonds. The van der Waals surface area contributed by atoms with Gasteiger partial charge in [-0.1, -0.05) is 202 Å². The fraction of sp³-hybridized carbons (Fsp3) is 0.0909. The molecule has 10 aromatic carbocycles. The monoisotopic (exact) mass is 889 g/mol. The molecular weight excluding hydrogens is 839 g/mol. The lowest BCUT2D eigenvalue weighted by molar-refractivity contribution is 0.660. The van der Waals surface area contributed by atoms with Crippen LogP contribution in [0.15, 0.2) is 246 Å². The number of benzene rings is 10. The Balaban J connectivity index is 1.03. The van der Waals surface area contributed by atoms with Crippen molar-refractivity contribution in [3.05, 3.63) is 270 Å². The van der Waals surface area contributed by atoms with Gasteiger partial charge in [0.25, 0.3) is 0 Å². The lowest BCUT2D eigenvalue weighted by Crippen LogP contribution is -2.28. The van der Waals surface area contributed by atoms with E-state index in [9.17, 15) is 0 Å². The summed E-state index contributed by atoms with van der Waals surface area (Å²) in [6.07, 6.45) is 4.89. The quantitative estimate of drug-likeness (QED) is 0.154. The number of nitrogens with zero attached hydrogens (tertiary/aromatic N) is 1. The van der Waals surface area contributed by atoms with Crippen LogP contribution in [-0.4, -0.2) is 12.5 Å². The van der Waals surface area contributed by atoms with E-state index in [4.69, 9.17) is 0 Å². The average molecular weight is 890 g/mol. The number of anilines is 3. The molecule has 0 saturated heterocycles. The van der Waals surface area contributed by atoms with Crippen molar-refractivity contribution in [1.29, 1.82) is 0 Å². The number of fused-ring (bicyclic) bond motifs is 9. The summed E-state index contributed by atoms with van der Waals surface area (Å²) in [7, 11) is -1.13. The highest BCUT2D eigenvalue weighted by atomic mass is 32.3. The number of hydrogen-bond acceptors (Lipinski definition) is 1. The topological polar surface area (TPSA) is 3.24 Å². The smallest absolute Gasteiger partial charge is 0.0714 e. The van der Waals surface area contributed by atoms with Crippen molar-refractivity contribution in [2.24, 2.45) is 0 Å². The van der Waals surface area contributed by atoms with Crippen LogP contribution in [0.25, 0.3) is 55.6 Å². The van der Waals surface area contributed by atoms with Gasteiger partial charge in [0.05, 0.1) is 11.1 Å². The van der Waals surface area contributed by atoms with Gasteiger partial charge >= 0.3 is 0 Å². The highest BCUT2D eigenvalue weighted by molar-refractivity contribution is 8.33. The molecule has 1 atom stereocenters. The normalized spacial score (nSPS) is 16.7. The van der Waals surface area contributed by atoms with Gasteiger partial charge in [-0.15, -0.1) is 0 Å². The molecule has 0 radical (unpaired) electrons. The van der Waals surface area contributed by atoms with E-state index >= 15 is 0 Å². The van der Waals surface area contributed by atoms with Crippen LogP contribution in [0.1, 0.15) is 47.2 Å². The van der Waals surface area contributed by atoms with Gasteiger partial charge in [-0.3, -0.25) is 0 Å². The summed E-state index contributed by atoms with van der Waals surface area (Å²) in [5.74, 6) is 0. The Morgan fingerprint density at radius 2 is 0.868 bits per heavy atom. The summed E-state index contributed by atoms with van der Waals surface area (Å²) < 4.78 is 0. The van der Waals surface area contributed by atoms with Gasteiger partial charge in [0.2, 0.25) is 0 Å². The molecule has 2 aliphatic carbocycles. The van der Waals surface area contributed by atoms with Crippen LogP contribution in [0, 0.1) is 0 Å². The van der Waals surface area contributed by atoms with Crippen molar-refractivity contribution in [1.82, 2.24) is 0 Å². The zero-order chi connectivity index (χ0) is 45.8. The molecule has 1 unspecified atom stereocenters. The molecule has 0 aromatic heterocycles. The van der Waals surface area contributed by atoms with E-state index in [2.05, 4.69) is 268 Å². The van der Waals surface area contributed by atoms with E-state index < -0.39 is 15.4 Å². The lowest BCUT2D eigenvalue weighted by Gasteiger charge is -2.35. The fourth-order valence-corrected chi connectivity index (χ4v) is 14.7. The predicted octanol–water partition coefficient (Wildman–Crippen LogP) is 17.6. The summed E-state index contributed by atoms with van der Waals surface area (Å²) in [5.41, 5.74) is 23.3. The third-order valence-corrected chi connectivity index (χ3v) is 18.3. The summed E-state index contributed by atoms with van der Waals surface area (Å²) >= 11 is 0. The van der Waals surface area contributed by atoms with Gasteiger partial charge in [0, 0.05) is 32.1 Å². The van der Waals surface area contributed by atoms with Crippen molar-refractivity contribution in [2.75, 3.05) is 17.4 Å². The van der Waals surface area contributed by atoms with E-state index in [1.807, 2.05) is 0 Å². The lowest BCUT2D eigenvalue weighted by atomic mass is 9.67. The molecule has 10 aromatic rings. The molecular formula is C66H51NS. The van der Waals surface area contributed by atoms with E-state index in [0.717, 1.165) is 17.1 Å². The van der Waals surface area contributed by atoms with Crippen molar-refractivity contribution < 1.29 is 0 Å². The second-order valence-electron chi connectivity index (χ2n) is 19.6. The molecule has 0 N–H and O–H groups in total. The number of hydrogen-bond donors (Lipinski definition) is 0. The van der Waals surface area contributed by atoms with Crippen molar-refractivity contribution in [3.8, 4) is 55.6 Å². The fourth-order valence-electron chi connectivity index (χ4n) is 12.2. The Bertz CT molecular complexity index is 3620. The molecule has 326 valence electrons. The van der Waals surface area contributed by atoms with Gasteiger partial charge < -0.3 is 4.90 Å². The third-order valence-electron chi connectivity index (χ3n) is 15.4. The molecule has 0 saturated carbocycles. The van der Waals surface area contributed by atoms with Crippen molar-refractivity contribution >= 4 is 27.1 Å². The van der Waals surface area contributed by atoms with Crippen LogP contribution < -0.4 is 4.90 Å². The predicted molar refractivity (Wildman–Crippen MR) is 288 cm³/mol. The van der Waals surface area contributed by atoms with Gasteiger partial charge in [-0.25, -0.2) is 0 Å². The summed E-state index contributed by atoms with van der Waals surface area (Å²) in [6, 6.07) is 89.1. The zero-order valence-electron chi connectivity index (χ0n) is 38.9. The molecule has 0 fully saturated rings. The highest BCUT2D eigenvalue weighted by Crippen LogP contribution is 2.68. The molecule has 0 bridgehead atoms. The largest absolute Gasteiger partial charge is 0.310 e. The molecule has 2 heteroatoms. The van der Waals surface area contributed by atoms with Gasteiger partial charge in [0.15, 0.2) is 0 Å². The molecule has 0 spiro atoms. The van der Waals surface area contributed by atoms with Crippen LogP contribution in [0.3, 0.4) is 0 Å². The Kier molecular flexibility index (Phi) is 9.07. The van der Waals surface area contributed by atoms with E-state index in [1.165, 1.54) is 98.8 Å². The Labute approximate surface area is 402 Å². The molecule has 68 heavy (non-hydrogen) atoms. The first-order valence-electron chi connectivity index (χ1n) is 23.8. The van der Waals surface area contributed by atoms with Gasteiger partial charge in [0.1, 0.15) is 0 Å². The Hall–Kier alpha value is -7.65. The zero-order valence-corrected chi connectivity index (χ0v) is 39.7. The molecule has 1 heterocycles. The SMILES string of the molecule is CC1(C)c2ccccc2-c2ccc(N(c3ccc(-c4ccc5c(c4)S(C)(C)c4ccccc4-5)cc3)c3cccc4c3-c3ccccc3C4(c3ccccc3)c3cccc(-c4ccccc4)c3)cc21. The minimum Gasteiger partial charge on any atom is -0.310 e. The summed E-state index contributed by atoms with van der Waals surface area (Å²) in [5, 5.41) is 0. The first-order valence-corrected chi connectivity index (χ1v) is 26.3. The highest BCUT2D eigenvalue weighted by Gasteiger charge is 2.48. The maximum absolute atomic E-state index is 2.53. The van der Waals surface area contributed by atoms with Crippen LogP contribution in [0.4, 0.5) is 17.1 Å². The van der Waals surface area contributed by atoms with E-state index in [0.29, 0.717) is 0 Å². The van der Waals surface area contributed by atoms with Crippen LogP contribution in [0.2, 0.25) is 0 Å². The Morgan fingerprint density at radius 1 is 0.338 bits per heavy atom. The third kappa shape index (κ3) is 5.84. The number of rotatable bonds is 7.